The summed E-state index contributed by atoms with van der Waals surface area (Å²) in [5.41, 5.74) is 2.99. The number of esters is 1. The van der Waals surface area contributed by atoms with Gasteiger partial charge in [-0.2, -0.15) is 0 Å². The first-order valence-electron chi connectivity index (χ1n) is 8.73. The minimum atomic E-state index is -0.442. The van der Waals surface area contributed by atoms with Gasteiger partial charge in [-0.3, -0.25) is 4.79 Å². The van der Waals surface area contributed by atoms with Gasteiger partial charge in [-0.25, -0.2) is 0 Å². The highest BCUT2D eigenvalue weighted by Gasteiger charge is 2.36. The SMILES string of the molecule is CC(C)(C)OC(=O)CCCc1ccc2c(c1)[C@@H]1C[C@H](N2)[C@H](O)CO1. The van der Waals surface area contributed by atoms with Gasteiger partial charge in [0.2, 0.25) is 0 Å². The van der Waals surface area contributed by atoms with Crippen LogP contribution in [0, 0.1) is 0 Å². The molecule has 3 atom stereocenters. The standard InChI is InChI=1S/C19H27NO4/c1-19(2,3)24-18(22)6-4-5-12-7-8-14-13(9-12)17-10-15(20-14)16(21)11-23-17/h7-9,15-17,20-21H,4-6,10-11H2,1-3H3/t15-,16+,17-/m0/s1. The smallest absolute Gasteiger partial charge is 0.306 e. The van der Waals surface area contributed by atoms with E-state index in [1.807, 2.05) is 20.8 Å². The summed E-state index contributed by atoms with van der Waals surface area (Å²) in [4.78, 5) is 11.8. The van der Waals surface area contributed by atoms with Gasteiger partial charge in [0.05, 0.1) is 24.9 Å². The van der Waals surface area contributed by atoms with E-state index >= 15 is 0 Å². The third-order valence-corrected chi connectivity index (χ3v) is 4.47. The molecule has 0 spiro atoms. The monoisotopic (exact) mass is 333 g/mol. The molecule has 0 radical (unpaired) electrons. The summed E-state index contributed by atoms with van der Waals surface area (Å²) in [5.74, 6) is -0.144. The summed E-state index contributed by atoms with van der Waals surface area (Å²) in [7, 11) is 0. The van der Waals surface area contributed by atoms with E-state index in [-0.39, 0.29) is 18.1 Å². The Kier molecular flexibility index (Phi) is 4.83. The molecule has 3 rings (SSSR count). The molecule has 2 aliphatic heterocycles. The lowest BCUT2D eigenvalue weighted by molar-refractivity contribution is -0.154. The van der Waals surface area contributed by atoms with Gasteiger partial charge in [-0.1, -0.05) is 12.1 Å². The number of benzene rings is 1. The molecule has 1 saturated heterocycles. The van der Waals surface area contributed by atoms with Crippen LogP contribution in [-0.4, -0.2) is 35.4 Å². The predicted molar refractivity (Wildman–Crippen MR) is 92.0 cm³/mol. The van der Waals surface area contributed by atoms with Gasteiger partial charge in [0.25, 0.3) is 0 Å². The summed E-state index contributed by atoms with van der Waals surface area (Å²) in [6.07, 6.45) is 2.46. The highest BCUT2D eigenvalue weighted by atomic mass is 16.6. The molecular formula is C19H27NO4. The van der Waals surface area contributed by atoms with E-state index in [4.69, 9.17) is 9.47 Å². The van der Waals surface area contributed by atoms with Crippen molar-refractivity contribution in [2.75, 3.05) is 11.9 Å². The zero-order chi connectivity index (χ0) is 17.3. The van der Waals surface area contributed by atoms with Crippen molar-refractivity contribution in [2.24, 2.45) is 0 Å². The number of aryl methyl sites for hydroxylation is 1. The first kappa shape index (κ1) is 17.2. The first-order chi connectivity index (χ1) is 11.3. The average molecular weight is 333 g/mol. The second-order valence-electron chi connectivity index (χ2n) is 7.74. The number of aliphatic hydroxyl groups excluding tert-OH is 1. The molecule has 1 aromatic rings. The molecule has 24 heavy (non-hydrogen) atoms. The van der Waals surface area contributed by atoms with Crippen LogP contribution in [0.15, 0.2) is 18.2 Å². The molecule has 1 fully saturated rings. The van der Waals surface area contributed by atoms with Crippen molar-refractivity contribution in [3.05, 3.63) is 29.3 Å². The van der Waals surface area contributed by atoms with Gasteiger partial charge in [0, 0.05) is 24.1 Å². The quantitative estimate of drug-likeness (QED) is 0.829. The van der Waals surface area contributed by atoms with Crippen LogP contribution in [0.25, 0.3) is 0 Å². The molecule has 0 aliphatic carbocycles. The van der Waals surface area contributed by atoms with E-state index in [0.29, 0.717) is 13.0 Å². The van der Waals surface area contributed by atoms with Crippen molar-refractivity contribution in [2.45, 2.75) is 70.3 Å². The second-order valence-corrected chi connectivity index (χ2v) is 7.74. The molecule has 0 saturated carbocycles. The Labute approximate surface area is 143 Å². The van der Waals surface area contributed by atoms with Crippen LogP contribution < -0.4 is 5.32 Å². The number of hydrogen-bond acceptors (Lipinski definition) is 5. The van der Waals surface area contributed by atoms with Crippen LogP contribution in [0.3, 0.4) is 0 Å². The minimum Gasteiger partial charge on any atom is -0.460 e. The van der Waals surface area contributed by atoms with Crippen LogP contribution in [0.1, 0.15) is 57.3 Å². The van der Waals surface area contributed by atoms with Crippen molar-refractivity contribution >= 4 is 11.7 Å². The third kappa shape index (κ3) is 4.08. The molecule has 0 amide bonds. The largest absolute Gasteiger partial charge is 0.460 e. The maximum Gasteiger partial charge on any atom is 0.306 e. The maximum absolute atomic E-state index is 11.8. The number of hydrogen-bond donors (Lipinski definition) is 2. The van der Waals surface area contributed by atoms with Gasteiger partial charge in [0.15, 0.2) is 0 Å². The highest BCUT2D eigenvalue weighted by Crippen LogP contribution is 2.39. The number of rotatable bonds is 4. The lowest BCUT2D eigenvalue weighted by Crippen LogP contribution is -2.45. The number of aliphatic hydroxyl groups is 1. The summed E-state index contributed by atoms with van der Waals surface area (Å²) >= 11 is 0. The fourth-order valence-corrected chi connectivity index (χ4v) is 3.35. The van der Waals surface area contributed by atoms with Crippen molar-refractivity contribution < 1.29 is 19.4 Å². The molecule has 2 N–H and O–H groups in total. The predicted octanol–water partition coefficient (Wildman–Crippen LogP) is 2.97. The Hall–Kier alpha value is -1.59. The van der Waals surface area contributed by atoms with Gasteiger partial charge in [0.1, 0.15) is 5.60 Å². The fraction of sp³-hybridized carbons (Fsp3) is 0.632. The highest BCUT2D eigenvalue weighted by molar-refractivity contribution is 5.69. The second kappa shape index (κ2) is 6.73. The topological polar surface area (TPSA) is 67.8 Å². The molecule has 0 aromatic heterocycles. The molecule has 2 aliphatic rings. The average Bonchev–Trinajstić information content (AvgIpc) is 2.49. The molecular weight excluding hydrogens is 306 g/mol. The zero-order valence-electron chi connectivity index (χ0n) is 14.7. The van der Waals surface area contributed by atoms with Gasteiger partial charge in [-0.05, 0) is 45.2 Å². The Morgan fingerprint density at radius 2 is 2.21 bits per heavy atom. The lowest BCUT2D eigenvalue weighted by atomic mass is 9.88. The lowest BCUT2D eigenvalue weighted by Gasteiger charge is -2.40. The number of fused-ring (bicyclic) bond motifs is 4. The van der Waals surface area contributed by atoms with Crippen LogP contribution in [0.5, 0.6) is 0 Å². The Balaban J connectivity index is 1.58. The van der Waals surface area contributed by atoms with Gasteiger partial charge in [-0.15, -0.1) is 0 Å². The van der Waals surface area contributed by atoms with Crippen LogP contribution in [-0.2, 0) is 20.7 Å². The molecule has 2 heterocycles. The van der Waals surface area contributed by atoms with Crippen molar-refractivity contribution in [1.29, 1.82) is 0 Å². The zero-order valence-corrected chi connectivity index (χ0v) is 14.7. The van der Waals surface area contributed by atoms with E-state index in [9.17, 15) is 9.90 Å². The van der Waals surface area contributed by atoms with Gasteiger partial charge >= 0.3 is 5.97 Å². The third-order valence-electron chi connectivity index (χ3n) is 4.47. The molecule has 5 nitrogen and oxygen atoms in total. The van der Waals surface area contributed by atoms with E-state index in [1.165, 1.54) is 5.56 Å². The Morgan fingerprint density at radius 1 is 1.42 bits per heavy atom. The van der Waals surface area contributed by atoms with E-state index in [2.05, 4.69) is 23.5 Å². The summed E-state index contributed by atoms with van der Waals surface area (Å²) in [6.45, 7) is 6.03. The van der Waals surface area contributed by atoms with Crippen molar-refractivity contribution in [3.63, 3.8) is 0 Å². The fourth-order valence-electron chi connectivity index (χ4n) is 3.35. The van der Waals surface area contributed by atoms with Crippen molar-refractivity contribution in [3.8, 4) is 0 Å². The molecule has 2 bridgehead atoms. The molecule has 5 heteroatoms. The molecule has 0 unspecified atom stereocenters. The number of ether oxygens (including phenoxy) is 2. The van der Waals surface area contributed by atoms with Crippen LogP contribution in [0.4, 0.5) is 5.69 Å². The number of carbonyl (C=O) groups is 1. The van der Waals surface area contributed by atoms with Crippen molar-refractivity contribution in [1.82, 2.24) is 0 Å². The van der Waals surface area contributed by atoms with E-state index < -0.39 is 11.7 Å². The maximum atomic E-state index is 11.8. The number of nitrogens with one attached hydrogen (secondary N) is 1. The van der Waals surface area contributed by atoms with E-state index in [1.54, 1.807) is 0 Å². The van der Waals surface area contributed by atoms with Gasteiger partial charge < -0.3 is 19.9 Å². The first-order valence-corrected chi connectivity index (χ1v) is 8.73. The Morgan fingerprint density at radius 3 is 2.96 bits per heavy atom. The Bertz CT molecular complexity index is 608. The summed E-state index contributed by atoms with van der Waals surface area (Å²) in [6, 6.07) is 6.37. The minimum absolute atomic E-state index is 0.0560. The number of anilines is 1. The molecule has 1 aromatic carbocycles. The summed E-state index contributed by atoms with van der Waals surface area (Å²) in [5, 5.41) is 13.3. The van der Waals surface area contributed by atoms with E-state index in [0.717, 1.165) is 30.5 Å². The summed E-state index contributed by atoms with van der Waals surface area (Å²) < 4.78 is 11.1. The normalized spacial score (nSPS) is 25.6. The van der Waals surface area contributed by atoms with Crippen LogP contribution in [0.2, 0.25) is 0 Å². The number of carbonyl (C=O) groups excluding carboxylic acids is 1. The molecule has 132 valence electrons. The van der Waals surface area contributed by atoms with Crippen LogP contribution >= 0.6 is 0 Å².